The van der Waals surface area contributed by atoms with Gasteiger partial charge in [0.1, 0.15) is 0 Å². The summed E-state index contributed by atoms with van der Waals surface area (Å²) in [4.78, 5) is 16.3. The topological polar surface area (TPSA) is 35.6 Å². The van der Waals surface area contributed by atoms with Crippen molar-refractivity contribution in [2.24, 2.45) is 5.92 Å². The highest BCUT2D eigenvalue weighted by atomic mass is 16.2. The molecule has 2 rings (SSSR count). The van der Waals surface area contributed by atoms with Crippen molar-refractivity contribution in [1.82, 2.24) is 15.1 Å². The number of amides is 1. The molecule has 2 aliphatic rings. The van der Waals surface area contributed by atoms with E-state index in [1.54, 1.807) is 0 Å². The lowest BCUT2D eigenvalue weighted by atomic mass is 10.3. The first-order valence-corrected chi connectivity index (χ1v) is 6.50. The Hall–Kier alpha value is -0.610. The number of nitrogens with zero attached hydrogens (tertiary/aromatic N) is 2. The molecule has 16 heavy (non-hydrogen) atoms. The first kappa shape index (κ1) is 11.9. The van der Waals surface area contributed by atoms with Crippen LogP contribution in [0.1, 0.15) is 19.8 Å². The highest BCUT2D eigenvalue weighted by molar-refractivity contribution is 5.78. The Balaban J connectivity index is 1.74. The van der Waals surface area contributed by atoms with E-state index in [1.165, 1.54) is 12.8 Å². The molecule has 1 N–H and O–H groups in total. The van der Waals surface area contributed by atoms with Crippen molar-refractivity contribution >= 4 is 5.91 Å². The van der Waals surface area contributed by atoms with Gasteiger partial charge in [0.05, 0.1) is 6.54 Å². The molecular weight excluding hydrogens is 202 g/mol. The molecule has 1 heterocycles. The number of carbonyl (C=O) groups is 1. The van der Waals surface area contributed by atoms with Crippen molar-refractivity contribution in [3.63, 3.8) is 0 Å². The molecule has 4 heteroatoms. The molecule has 0 atom stereocenters. The number of hydrogen-bond donors (Lipinski definition) is 1. The summed E-state index contributed by atoms with van der Waals surface area (Å²) in [6.07, 6.45) is 2.72. The standard InChI is InChI=1S/C12H23N3O/c1-2-14(9-11-3-4-11)10-12(16)15-7-5-13-6-8-15/h11,13H,2-10H2,1H3. The van der Waals surface area contributed by atoms with Gasteiger partial charge >= 0.3 is 0 Å². The van der Waals surface area contributed by atoms with E-state index in [-0.39, 0.29) is 0 Å². The van der Waals surface area contributed by atoms with Crippen molar-refractivity contribution in [3.8, 4) is 0 Å². The molecule has 4 nitrogen and oxygen atoms in total. The van der Waals surface area contributed by atoms with E-state index >= 15 is 0 Å². The summed E-state index contributed by atoms with van der Waals surface area (Å²) in [5.41, 5.74) is 0. The molecule has 0 bridgehead atoms. The number of likely N-dealkylation sites (N-methyl/N-ethyl adjacent to an activating group) is 1. The molecule has 0 unspecified atom stereocenters. The van der Waals surface area contributed by atoms with Crippen LogP contribution < -0.4 is 5.32 Å². The summed E-state index contributed by atoms with van der Waals surface area (Å²) in [5.74, 6) is 1.18. The van der Waals surface area contributed by atoms with E-state index in [1.807, 2.05) is 4.90 Å². The van der Waals surface area contributed by atoms with Crippen molar-refractivity contribution in [2.45, 2.75) is 19.8 Å². The number of rotatable bonds is 5. The molecule has 0 aromatic carbocycles. The Bertz CT molecular complexity index is 234. The highest BCUT2D eigenvalue weighted by Crippen LogP contribution is 2.29. The Kier molecular flexibility index (Phi) is 4.18. The van der Waals surface area contributed by atoms with E-state index < -0.39 is 0 Å². The van der Waals surface area contributed by atoms with Gasteiger partial charge in [-0.25, -0.2) is 0 Å². The second-order valence-electron chi connectivity index (χ2n) is 4.90. The Morgan fingerprint density at radius 2 is 2.06 bits per heavy atom. The van der Waals surface area contributed by atoms with Crippen LogP contribution in [0.15, 0.2) is 0 Å². The third-order valence-corrected chi connectivity index (χ3v) is 3.49. The number of hydrogen-bond acceptors (Lipinski definition) is 3. The zero-order valence-corrected chi connectivity index (χ0v) is 10.2. The quantitative estimate of drug-likeness (QED) is 0.723. The normalized spacial score (nSPS) is 21.5. The Morgan fingerprint density at radius 1 is 1.38 bits per heavy atom. The highest BCUT2D eigenvalue weighted by Gasteiger charge is 2.25. The molecule has 0 aromatic heterocycles. The largest absolute Gasteiger partial charge is 0.339 e. The predicted molar refractivity (Wildman–Crippen MR) is 64.3 cm³/mol. The summed E-state index contributed by atoms with van der Waals surface area (Å²) in [7, 11) is 0. The third-order valence-electron chi connectivity index (χ3n) is 3.49. The van der Waals surface area contributed by atoms with Crippen molar-refractivity contribution in [1.29, 1.82) is 0 Å². The summed E-state index contributed by atoms with van der Waals surface area (Å²) < 4.78 is 0. The number of carbonyl (C=O) groups excluding carboxylic acids is 1. The van der Waals surface area contributed by atoms with Gasteiger partial charge in [0.15, 0.2) is 0 Å². The predicted octanol–water partition coefficient (Wildman–Crippen LogP) is 0.150. The molecule has 0 radical (unpaired) electrons. The van der Waals surface area contributed by atoms with E-state index in [9.17, 15) is 4.79 Å². The number of piperazine rings is 1. The molecule has 0 aromatic rings. The van der Waals surface area contributed by atoms with E-state index in [4.69, 9.17) is 0 Å². The lowest BCUT2D eigenvalue weighted by Crippen LogP contribution is -2.49. The minimum Gasteiger partial charge on any atom is -0.339 e. The molecule has 1 saturated heterocycles. The van der Waals surface area contributed by atoms with Crippen LogP contribution in [0.5, 0.6) is 0 Å². The lowest BCUT2D eigenvalue weighted by molar-refractivity contribution is -0.133. The summed E-state index contributed by atoms with van der Waals surface area (Å²) >= 11 is 0. The third kappa shape index (κ3) is 3.46. The maximum atomic E-state index is 12.0. The Morgan fingerprint density at radius 3 is 2.62 bits per heavy atom. The van der Waals surface area contributed by atoms with Crippen LogP contribution >= 0.6 is 0 Å². The van der Waals surface area contributed by atoms with Crippen molar-refractivity contribution in [2.75, 3.05) is 45.8 Å². The fraction of sp³-hybridized carbons (Fsp3) is 0.917. The van der Waals surface area contributed by atoms with Gasteiger partial charge in [0.2, 0.25) is 5.91 Å². The first-order chi connectivity index (χ1) is 7.79. The average Bonchev–Trinajstić information content (AvgIpc) is 3.13. The van der Waals surface area contributed by atoms with Crippen LogP contribution in [0.25, 0.3) is 0 Å². The molecule has 1 aliphatic carbocycles. The van der Waals surface area contributed by atoms with Crippen molar-refractivity contribution < 1.29 is 4.79 Å². The van der Waals surface area contributed by atoms with Crippen LogP contribution in [0.2, 0.25) is 0 Å². The maximum absolute atomic E-state index is 12.0. The lowest BCUT2D eigenvalue weighted by Gasteiger charge is -2.30. The summed E-state index contributed by atoms with van der Waals surface area (Å²) in [5, 5.41) is 3.27. The smallest absolute Gasteiger partial charge is 0.236 e. The molecule has 92 valence electrons. The zero-order chi connectivity index (χ0) is 11.4. The van der Waals surface area contributed by atoms with E-state index in [2.05, 4.69) is 17.1 Å². The van der Waals surface area contributed by atoms with Crippen LogP contribution in [0.4, 0.5) is 0 Å². The van der Waals surface area contributed by atoms with Gasteiger partial charge in [0.25, 0.3) is 0 Å². The van der Waals surface area contributed by atoms with Crippen LogP contribution in [0.3, 0.4) is 0 Å². The SMILES string of the molecule is CCN(CC(=O)N1CCNCC1)CC1CC1. The average molecular weight is 225 g/mol. The summed E-state index contributed by atoms with van der Waals surface area (Å²) in [6.45, 7) is 8.52. The number of nitrogens with one attached hydrogen (secondary N) is 1. The molecular formula is C12H23N3O. The van der Waals surface area contributed by atoms with Gasteiger partial charge in [-0.1, -0.05) is 6.92 Å². The molecule has 2 fully saturated rings. The van der Waals surface area contributed by atoms with Crippen LogP contribution in [-0.2, 0) is 4.79 Å². The van der Waals surface area contributed by atoms with Gasteiger partial charge in [-0.2, -0.15) is 0 Å². The van der Waals surface area contributed by atoms with Crippen LogP contribution in [0, 0.1) is 5.92 Å². The second-order valence-corrected chi connectivity index (χ2v) is 4.90. The van der Waals surface area contributed by atoms with Gasteiger partial charge in [-0.15, -0.1) is 0 Å². The Labute approximate surface area is 98.0 Å². The second kappa shape index (κ2) is 5.64. The van der Waals surface area contributed by atoms with Gasteiger partial charge < -0.3 is 10.2 Å². The maximum Gasteiger partial charge on any atom is 0.236 e. The summed E-state index contributed by atoms with van der Waals surface area (Å²) in [6, 6.07) is 0. The molecule has 1 saturated carbocycles. The van der Waals surface area contributed by atoms with Gasteiger partial charge in [0, 0.05) is 32.7 Å². The fourth-order valence-corrected chi connectivity index (χ4v) is 2.18. The fourth-order valence-electron chi connectivity index (χ4n) is 2.18. The monoisotopic (exact) mass is 225 g/mol. The minimum atomic E-state index is 0.309. The van der Waals surface area contributed by atoms with Crippen LogP contribution in [-0.4, -0.2) is 61.5 Å². The van der Waals surface area contributed by atoms with Gasteiger partial charge in [-0.3, -0.25) is 9.69 Å². The van der Waals surface area contributed by atoms with Crippen molar-refractivity contribution in [3.05, 3.63) is 0 Å². The molecule has 1 aliphatic heterocycles. The zero-order valence-electron chi connectivity index (χ0n) is 10.2. The molecule has 0 spiro atoms. The minimum absolute atomic E-state index is 0.309. The van der Waals surface area contributed by atoms with E-state index in [0.29, 0.717) is 12.5 Å². The van der Waals surface area contributed by atoms with Gasteiger partial charge in [-0.05, 0) is 25.3 Å². The first-order valence-electron chi connectivity index (χ1n) is 6.50. The van der Waals surface area contributed by atoms with E-state index in [0.717, 1.165) is 45.2 Å². The molecule has 1 amide bonds.